The molecular weight excluding hydrogens is 427 g/mol. The molecule has 31 heavy (non-hydrogen) atoms. The quantitative estimate of drug-likeness (QED) is 0.498. The van der Waals surface area contributed by atoms with Gasteiger partial charge in [0, 0.05) is 18.0 Å². The molecule has 1 aromatic carbocycles. The number of hydrogen-bond donors (Lipinski definition) is 2. The van der Waals surface area contributed by atoms with Gasteiger partial charge in [0.05, 0.1) is 28.8 Å². The molecule has 1 aromatic heterocycles. The zero-order valence-corrected chi connectivity index (χ0v) is 21.0. The Kier molecular flexibility index (Phi) is 9.37. The van der Waals surface area contributed by atoms with Gasteiger partial charge in [0.1, 0.15) is 5.75 Å². The number of nitrogens with one attached hydrogen (secondary N) is 1. The van der Waals surface area contributed by atoms with Crippen molar-refractivity contribution in [2.24, 2.45) is 0 Å². The number of carbonyl (C=O) groups is 2. The van der Waals surface area contributed by atoms with E-state index in [1.165, 1.54) is 6.42 Å². The van der Waals surface area contributed by atoms with Crippen LogP contribution in [0, 0.1) is 13.8 Å². The number of anilines is 1. The van der Waals surface area contributed by atoms with E-state index in [0.29, 0.717) is 23.0 Å². The zero-order chi connectivity index (χ0) is 21.8. The van der Waals surface area contributed by atoms with Crippen LogP contribution in [0.4, 0.5) is 5.69 Å². The molecule has 2 N–H and O–H groups in total. The van der Waals surface area contributed by atoms with Crippen molar-refractivity contribution < 1.29 is 49.4 Å². The summed E-state index contributed by atoms with van der Waals surface area (Å²) < 4.78 is 0. The monoisotopic (exact) mass is 452 g/mol. The molecule has 3 rings (SSSR count). The number of aromatic hydroxyl groups is 1. The number of nitrogens with zero attached hydrogens (tertiary/aromatic N) is 1. The van der Waals surface area contributed by atoms with Gasteiger partial charge in [0.25, 0.3) is 0 Å². The van der Waals surface area contributed by atoms with E-state index >= 15 is 0 Å². The number of hydrogen-bond acceptors (Lipinski definition) is 5. The molecule has 0 atom stereocenters. The van der Waals surface area contributed by atoms with Crippen LogP contribution in [0.2, 0.25) is 5.02 Å². The molecule has 2 aromatic rings. The van der Waals surface area contributed by atoms with Crippen molar-refractivity contribution in [2.45, 2.75) is 64.7 Å². The Morgan fingerprint density at radius 1 is 1.23 bits per heavy atom. The molecule has 0 saturated heterocycles. The largest absolute Gasteiger partial charge is 1.00 e. The molecule has 1 amide bonds. The van der Waals surface area contributed by atoms with Crippen LogP contribution in [0.25, 0.3) is 0 Å². The maximum absolute atomic E-state index is 11.8. The molecule has 8 heteroatoms. The van der Waals surface area contributed by atoms with Gasteiger partial charge in [-0.05, 0) is 61.6 Å². The van der Waals surface area contributed by atoms with Gasteiger partial charge in [-0.2, -0.15) is 0 Å². The number of aromatic nitrogens is 1. The molecule has 1 fully saturated rings. The predicted octanol–water partition coefficient (Wildman–Crippen LogP) is 0.778. The van der Waals surface area contributed by atoms with Gasteiger partial charge in [0.15, 0.2) is 0 Å². The first-order valence-corrected chi connectivity index (χ1v) is 10.6. The number of aryl methyl sites for hydroxylation is 1. The molecule has 0 radical (unpaired) electrons. The third kappa shape index (κ3) is 6.45. The van der Waals surface area contributed by atoms with Crippen LogP contribution in [-0.4, -0.2) is 22.0 Å². The van der Waals surface area contributed by atoms with Gasteiger partial charge in [-0.25, -0.2) is 0 Å². The van der Waals surface area contributed by atoms with Gasteiger partial charge in [-0.3, -0.25) is 9.78 Å². The Morgan fingerprint density at radius 2 is 1.90 bits per heavy atom. The fourth-order valence-corrected chi connectivity index (χ4v) is 4.37. The van der Waals surface area contributed by atoms with E-state index in [1.807, 2.05) is 19.9 Å². The van der Waals surface area contributed by atoms with Gasteiger partial charge < -0.3 is 20.3 Å². The second kappa shape index (κ2) is 11.3. The summed E-state index contributed by atoms with van der Waals surface area (Å²) in [5.74, 6) is -1.57. The van der Waals surface area contributed by atoms with E-state index < -0.39 is 18.3 Å². The van der Waals surface area contributed by atoms with Crippen LogP contribution in [0.15, 0.2) is 18.2 Å². The first-order chi connectivity index (χ1) is 14.3. The minimum Gasteiger partial charge on any atom is -0.550 e. The van der Waals surface area contributed by atoms with Gasteiger partial charge in [0.2, 0.25) is 5.91 Å². The molecule has 0 aliphatic heterocycles. The normalized spacial score (nSPS) is 14.0. The third-order valence-electron chi connectivity index (χ3n) is 5.74. The van der Waals surface area contributed by atoms with Crippen molar-refractivity contribution in [3.8, 4) is 5.75 Å². The van der Waals surface area contributed by atoms with E-state index in [0.717, 1.165) is 53.8 Å². The van der Waals surface area contributed by atoms with E-state index in [2.05, 4.69) is 5.32 Å². The molecule has 1 aliphatic carbocycles. The number of carboxylic acids is 1. The minimum atomic E-state index is -1.44. The molecule has 1 heterocycles. The zero-order valence-electron chi connectivity index (χ0n) is 18.3. The van der Waals surface area contributed by atoms with Crippen LogP contribution in [-0.2, 0) is 16.0 Å². The maximum Gasteiger partial charge on any atom is 1.00 e. The minimum absolute atomic E-state index is 0. The standard InChI is InChI=1S/C23H27ClN2O4.Na/c1-13-10-18(26-20(28)12-21(29)30)22(24)14(2)17(13)11-16-8-9-19(27)23(25-16)15-6-4-3-5-7-15;/h8-10,15,27H,3-7,11-12H2,1-2H3,(H,26,28)(H,29,30);/q;+1/p-1. The second-order valence-corrected chi connectivity index (χ2v) is 8.35. The number of benzene rings is 1. The Labute approximate surface area is 209 Å². The SMILES string of the molecule is Cc1cc(NC(=O)CC(=O)[O-])c(Cl)c(C)c1Cc1ccc(O)c(C2CCCCC2)n1.[Na+]. The number of rotatable bonds is 6. The summed E-state index contributed by atoms with van der Waals surface area (Å²) in [7, 11) is 0. The Balaban J connectivity index is 0.00000341. The van der Waals surface area contributed by atoms with Crippen molar-refractivity contribution in [1.29, 1.82) is 0 Å². The number of aliphatic carboxylic acids is 1. The van der Waals surface area contributed by atoms with E-state index in [-0.39, 0.29) is 35.3 Å². The number of halogens is 1. The van der Waals surface area contributed by atoms with Gasteiger partial charge in [-0.15, -0.1) is 0 Å². The molecule has 0 bridgehead atoms. The topological polar surface area (TPSA) is 102 Å². The Morgan fingerprint density at radius 3 is 2.55 bits per heavy atom. The van der Waals surface area contributed by atoms with Crippen LogP contribution < -0.4 is 40.0 Å². The summed E-state index contributed by atoms with van der Waals surface area (Å²) >= 11 is 6.46. The fourth-order valence-electron chi connectivity index (χ4n) is 4.15. The number of pyridine rings is 1. The number of carbonyl (C=O) groups excluding carboxylic acids is 2. The second-order valence-electron chi connectivity index (χ2n) is 7.97. The first-order valence-electron chi connectivity index (χ1n) is 10.2. The maximum atomic E-state index is 11.8. The van der Waals surface area contributed by atoms with Crippen LogP contribution in [0.5, 0.6) is 5.75 Å². The molecule has 1 saturated carbocycles. The summed E-state index contributed by atoms with van der Waals surface area (Å²) in [4.78, 5) is 27.2. The number of carboxylic acid groups (broad SMARTS) is 1. The van der Waals surface area contributed by atoms with Gasteiger partial charge in [-0.1, -0.05) is 30.9 Å². The molecular formula is C23H26ClN2NaO4. The molecule has 1 aliphatic rings. The van der Waals surface area contributed by atoms with Crippen molar-refractivity contribution in [3.63, 3.8) is 0 Å². The van der Waals surface area contributed by atoms with Crippen molar-refractivity contribution in [1.82, 2.24) is 4.98 Å². The average Bonchev–Trinajstić information content (AvgIpc) is 2.70. The predicted molar refractivity (Wildman–Crippen MR) is 114 cm³/mol. The molecule has 160 valence electrons. The summed E-state index contributed by atoms with van der Waals surface area (Å²) in [6.45, 7) is 3.77. The smallest absolute Gasteiger partial charge is 0.550 e. The Bertz CT molecular complexity index is 975. The summed E-state index contributed by atoms with van der Waals surface area (Å²) in [5, 5.41) is 23.8. The molecule has 0 spiro atoms. The average molecular weight is 453 g/mol. The van der Waals surface area contributed by atoms with Crippen molar-refractivity contribution in [2.75, 3.05) is 5.32 Å². The van der Waals surface area contributed by atoms with E-state index in [4.69, 9.17) is 16.6 Å². The van der Waals surface area contributed by atoms with Gasteiger partial charge >= 0.3 is 29.6 Å². The van der Waals surface area contributed by atoms with Crippen LogP contribution >= 0.6 is 11.6 Å². The third-order valence-corrected chi connectivity index (χ3v) is 6.23. The number of amides is 1. The van der Waals surface area contributed by atoms with Crippen LogP contribution in [0.3, 0.4) is 0 Å². The molecule has 0 unspecified atom stereocenters. The summed E-state index contributed by atoms with van der Waals surface area (Å²) in [6, 6.07) is 5.28. The van der Waals surface area contributed by atoms with E-state index in [1.54, 1.807) is 12.1 Å². The first kappa shape index (κ1) is 25.7. The van der Waals surface area contributed by atoms with Crippen molar-refractivity contribution >= 4 is 29.2 Å². The fraction of sp³-hybridized carbons (Fsp3) is 0.435. The molecule has 6 nitrogen and oxygen atoms in total. The van der Waals surface area contributed by atoms with Crippen LogP contribution in [0.1, 0.15) is 72.5 Å². The van der Waals surface area contributed by atoms with E-state index in [9.17, 15) is 19.8 Å². The van der Waals surface area contributed by atoms with Crippen molar-refractivity contribution in [3.05, 3.63) is 51.3 Å². The Hall–Kier alpha value is -1.60. The summed E-state index contributed by atoms with van der Waals surface area (Å²) in [5.41, 5.74) is 4.71. The summed E-state index contributed by atoms with van der Waals surface area (Å²) in [6.07, 6.45) is 5.48.